The standard InChI is InChI=1S/C16H13BrF3N5OS/c1-24-15(26)25(23-22-24)12-7-3-5-10(16(18,19)20)14(12)27-8-9-4-2-6-11(21)13(9)17/h2-7H,8,21H2,1H3. The van der Waals surface area contributed by atoms with Crippen molar-refractivity contribution in [1.82, 2.24) is 19.8 Å². The molecule has 0 atom stereocenters. The molecule has 142 valence electrons. The largest absolute Gasteiger partial charge is 0.417 e. The van der Waals surface area contributed by atoms with E-state index < -0.39 is 17.4 Å². The molecule has 0 spiro atoms. The van der Waals surface area contributed by atoms with Crippen molar-refractivity contribution in [1.29, 1.82) is 0 Å². The smallest absolute Gasteiger partial charge is 0.398 e. The van der Waals surface area contributed by atoms with Gasteiger partial charge in [0.1, 0.15) is 0 Å². The third-order valence-electron chi connectivity index (χ3n) is 3.73. The monoisotopic (exact) mass is 459 g/mol. The zero-order valence-corrected chi connectivity index (χ0v) is 16.3. The Labute approximate surface area is 164 Å². The summed E-state index contributed by atoms with van der Waals surface area (Å²) in [6, 6.07) is 8.79. The van der Waals surface area contributed by atoms with E-state index in [1.54, 1.807) is 18.2 Å². The molecule has 11 heteroatoms. The number of halogens is 4. The number of nitrogens with zero attached hydrogens (tertiary/aromatic N) is 4. The molecule has 6 nitrogen and oxygen atoms in total. The van der Waals surface area contributed by atoms with E-state index in [2.05, 4.69) is 26.4 Å². The van der Waals surface area contributed by atoms with Gasteiger partial charge >= 0.3 is 11.9 Å². The first kappa shape index (κ1) is 19.5. The Morgan fingerprint density at radius 1 is 1.19 bits per heavy atom. The molecule has 0 aliphatic carbocycles. The van der Waals surface area contributed by atoms with Crippen LogP contribution in [0.2, 0.25) is 0 Å². The van der Waals surface area contributed by atoms with Gasteiger partial charge in [-0.3, -0.25) is 0 Å². The summed E-state index contributed by atoms with van der Waals surface area (Å²) in [6.45, 7) is 0. The minimum atomic E-state index is -4.59. The third-order valence-corrected chi connectivity index (χ3v) is 5.87. The van der Waals surface area contributed by atoms with E-state index in [9.17, 15) is 18.0 Å². The first-order chi connectivity index (χ1) is 12.7. The number of aryl methyl sites for hydroxylation is 1. The van der Waals surface area contributed by atoms with Crippen molar-refractivity contribution in [2.75, 3.05) is 5.73 Å². The van der Waals surface area contributed by atoms with E-state index >= 15 is 0 Å². The molecule has 0 amide bonds. The number of nitrogen functional groups attached to an aromatic ring is 1. The van der Waals surface area contributed by atoms with Gasteiger partial charge in [-0.2, -0.15) is 22.5 Å². The summed E-state index contributed by atoms with van der Waals surface area (Å²) in [5.41, 5.74) is 5.59. The fourth-order valence-corrected chi connectivity index (χ4v) is 4.16. The predicted molar refractivity (Wildman–Crippen MR) is 99.7 cm³/mol. The Morgan fingerprint density at radius 3 is 2.52 bits per heavy atom. The lowest BCUT2D eigenvalue weighted by Crippen LogP contribution is -2.23. The molecule has 0 bridgehead atoms. The summed E-state index contributed by atoms with van der Waals surface area (Å²) in [5.74, 6) is 0.209. The van der Waals surface area contributed by atoms with Gasteiger partial charge in [0.05, 0.1) is 11.3 Å². The number of nitrogens with two attached hydrogens (primary N) is 1. The summed E-state index contributed by atoms with van der Waals surface area (Å²) in [6.07, 6.45) is -4.59. The van der Waals surface area contributed by atoms with Gasteiger partial charge in [0.15, 0.2) is 0 Å². The van der Waals surface area contributed by atoms with Crippen LogP contribution in [0.25, 0.3) is 5.69 Å². The fraction of sp³-hybridized carbons (Fsp3) is 0.188. The number of rotatable bonds is 4. The van der Waals surface area contributed by atoms with Gasteiger partial charge in [0, 0.05) is 27.9 Å². The number of hydrogen-bond donors (Lipinski definition) is 1. The second-order valence-electron chi connectivity index (χ2n) is 5.56. The molecule has 0 radical (unpaired) electrons. The number of hydrogen-bond acceptors (Lipinski definition) is 5. The van der Waals surface area contributed by atoms with Crippen molar-refractivity contribution in [2.45, 2.75) is 16.8 Å². The lowest BCUT2D eigenvalue weighted by molar-refractivity contribution is -0.139. The molecule has 0 unspecified atom stereocenters. The molecule has 2 N–H and O–H groups in total. The van der Waals surface area contributed by atoms with E-state index in [0.29, 0.717) is 10.2 Å². The first-order valence-electron chi connectivity index (χ1n) is 7.55. The summed E-state index contributed by atoms with van der Waals surface area (Å²) in [5, 5.41) is 7.24. The highest BCUT2D eigenvalue weighted by Gasteiger charge is 2.35. The minimum absolute atomic E-state index is 0.0213. The van der Waals surface area contributed by atoms with Crippen LogP contribution in [0.5, 0.6) is 0 Å². The fourth-order valence-electron chi connectivity index (χ4n) is 2.39. The van der Waals surface area contributed by atoms with Crippen LogP contribution in [0.15, 0.2) is 50.6 Å². The van der Waals surface area contributed by atoms with E-state index in [1.165, 1.54) is 19.2 Å². The molecule has 0 saturated carbocycles. The van der Waals surface area contributed by atoms with E-state index in [0.717, 1.165) is 32.8 Å². The maximum absolute atomic E-state index is 13.5. The number of thioether (sulfide) groups is 1. The van der Waals surface area contributed by atoms with Crippen LogP contribution >= 0.6 is 27.7 Å². The van der Waals surface area contributed by atoms with Crippen molar-refractivity contribution in [3.8, 4) is 5.69 Å². The van der Waals surface area contributed by atoms with E-state index in [-0.39, 0.29) is 16.3 Å². The molecule has 27 heavy (non-hydrogen) atoms. The van der Waals surface area contributed by atoms with Crippen molar-refractivity contribution < 1.29 is 13.2 Å². The lowest BCUT2D eigenvalue weighted by atomic mass is 10.2. The molecule has 3 rings (SSSR count). The Hall–Kier alpha value is -2.27. The summed E-state index contributed by atoms with van der Waals surface area (Å²) < 4.78 is 43.1. The van der Waals surface area contributed by atoms with Crippen LogP contribution in [0.4, 0.5) is 18.9 Å². The average molecular weight is 460 g/mol. The number of tetrazole rings is 1. The Bertz CT molecular complexity index is 1050. The molecule has 1 heterocycles. The number of anilines is 1. The minimum Gasteiger partial charge on any atom is -0.398 e. The quantitative estimate of drug-likeness (QED) is 0.476. The number of benzene rings is 2. The number of alkyl halides is 3. The van der Waals surface area contributed by atoms with Crippen molar-refractivity contribution in [3.63, 3.8) is 0 Å². The summed E-state index contributed by atoms with van der Waals surface area (Å²) in [7, 11) is 1.37. The highest BCUT2D eigenvalue weighted by Crippen LogP contribution is 2.41. The molecular formula is C16H13BrF3N5OS. The average Bonchev–Trinajstić information content (AvgIpc) is 2.94. The molecule has 1 aromatic heterocycles. The van der Waals surface area contributed by atoms with Crippen molar-refractivity contribution in [3.05, 3.63) is 62.5 Å². The van der Waals surface area contributed by atoms with Crippen molar-refractivity contribution >= 4 is 33.4 Å². The van der Waals surface area contributed by atoms with Crippen LogP contribution < -0.4 is 11.4 Å². The van der Waals surface area contributed by atoms with E-state index in [4.69, 9.17) is 5.73 Å². The second kappa shape index (κ2) is 7.39. The lowest BCUT2D eigenvalue weighted by Gasteiger charge is -2.16. The van der Waals surface area contributed by atoms with Gasteiger partial charge in [0.25, 0.3) is 0 Å². The molecule has 0 aliphatic heterocycles. The third kappa shape index (κ3) is 3.88. The van der Waals surface area contributed by atoms with Gasteiger partial charge in [-0.25, -0.2) is 4.79 Å². The predicted octanol–water partition coefficient (Wildman–Crippen LogP) is 3.62. The topological polar surface area (TPSA) is 78.7 Å². The van der Waals surface area contributed by atoms with Crippen LogP contribution in [-0.2, 0) is 19.0 Å². The van der Waals surface area contributed by atoms with Gasteiger partial charge in [0.2, 0.25) is 0 Å². The number of aromatic nitrogens is 4. The molecule has 0 aliphatic rings. The van der Waals surface area contributed by atoms with Crippen LogP contribution in [0.1, 0.15) is 11.1 Å². The highest BCUT2D eigenvalue weighted by atomic mass is 79.9. The Kier molecular flexibility index (Phi) is 5.33. The molecular weight excluding hydrogens is 447 g/mol. The zero-order chi connectivity index (χ0) is 19.8. The highest BCUT2D eigenvalue weighted by molar-refractivity contribution is 9.10. The second-order valence-corrected chi connectivity index (χ2v) is 7.34. The maximum Gasteiger partial charge on any atom is 0.417 e. The van der Waals surface area contributed by atoms with Crippen LogP contribution in [-0.4, -0.2) is 19.8 Å². The van der Waals surface area contributed by atoms with E-state index in [1.807, 2.05) is 0 Å². The first-order valence-corrected chi connectivity index (χ1v) is 9.33. The molecule has 0 fully saturated rings. The SMILES string of the molecule is Cn1nnn(-c2cccc(C(F)(F)F)c2SCc2cccc(N)c2Br)c1=O. The van der Waals surface area contributed by atoms with Crippen LogP contribution in [0.3, 0.4) is 0 Å². The molecule has 0 saturated heterocycles. The van der Waals surface area contributed by atoms with Crippen molar-refractivity contribution in [2.24, 2.45) is 7.05 Å². The normalized spacial score (nSPS) is 11.7. The van der Waals surface area contributed by atoms with Gasteiger partial charge in [-0.15, -0.1) is 11.8 Å². The van der Waals surface area contributed by atoms with Crippen LogP contribution in [0, 0.1) is 0 Å². The summed E-state index contributed by atoms with van der Waals surface area (Å²) >= 11 is 4.30. The molecule has 3 aromatic rings. The zero-order valence-electron chi connectivity index (χ0n) is 13.9. The molecule has 2 aromatic carbocycles. The van der Waals surface area contributed by atoms with Gasteiger partial charge in [-0.05, 0) is 50.1 Å². The maximum atomic E-state index is 13.5. The Balaban J connectivity index is 2.10. The Morgan fingerprint density at radius 2 is 1.89 bits per heavy atom. The van der Waals surface area contributed by atoms with Gasteiger partial charge < -0.3 is 5.73 Å². The summed E-state index contributed by atoms with van der Waals surface area (Å²) in [4.78, 5) is 12.0. The van der Waals surface area contributed by atoms with Gasteiger partial charge in [-0.1, -0.05) is 18.2 Å².